The van der Waals surface area contributed by atoms with Gasteiger partial charge in [0.15, 0.2) is 11.5 Å². The molecule has 0 aliphatic rings. The Morgan fingerprint density at radius 2 is 1.91 bits per heavy atom. The quantitative estimate of drug-likeness (QED) is 0.385. The smallest absolute Gasteiger partial charge is 0.229 e. The minimum absolute atomic E-state index is 0.0960. The van der Waals surface area contributed by atoms with E-state index in [0.717, 1.165) is 48.9 Å². The molecule has 3 heterocycles. The summed E-state index contributed by atoms with van der Waals surface area (Å²) < 4.78 is 18.1. The first kappa shape index (κ1) is 24.6. The zero-order valence-electron chi connectivity index (χ0n) is 20.7. The van der Waals surface area contributed by atoms with Crippen LogP contribution in [-0.2, 0) is 0 Å². The van der Waals surface area contributed by atoms with Gasteiger partial charge in [0.25, 0.3) is 0 Å². The van der Waals surface area contributed by atoms with Crippen LogP contribution < -0.4 is 5.49 Å². The van der Waals surface area contributed by atoms with Crippen LogP contribution >= 0.6 is 0 Å². The average Bonchev–Trinajstić information content (AvgIpc) is 3.18. The molecule has 176 valence electrons. The number of carbonyl (C=O) groups is 1. The van der Waals surface area contributed by atoms with Crippen LogP contribution in [0.4, 0.5) is 4.39 Å². The minimum atomic E-state index is -0.395. The summed E-state index contributed by atoms with van der Waals surface area (Å²) in [6.07, 6.45) is 10.8. The predicted octanol–water partition coefficient (Wildman–Crippen LogP) is 6.67. The summed E-state index contributed by atoms with van der Waals surface area (Å²) >= 11 is 0. The van der Waals surface area contributed by atoms with Crippen LogP contribution in [-0.4, -0.2) is 19.9 Å². The summed E-state index contributed by atoms with van der Waals surface area (Å²) in [7, 11) is 0. The Kier molecular flexibility index (Phi) is 8.01. The number of fused-ring (bicyclic) bond motifs is 1. The van der Waals surface area contributed by atoms with Crippen molar-refractivity contribution in [2.75, 3.05) is 0 Å². The topological polar surface area (TPSA) is 51.7 Å². The van der Waals surface area contributed by atoms with Crippen LogP contribution in [0.15, 0.2) is 47.4 Å². The fourth-order valence-corrected chi connectivity index (χ4v) is 4.15. The van der Waals surface area contributed by atoms with Crippen molar-refractivity contribution in [3.8, 4) is 0 Å². The van der Waals surface area contributed by atoms with Gasteiger partial charge in [-0.3, -0.25) is 9.36 Å². The van der Waals surface area contributed by atoms with Gasteiger partial charge in [0.05, 0.1) is 11.4 Å². The number of nitrogens with zero attached hydrogens (tertiary/aromatic N) is 4. The van der Waals surface area contributed by atoms with Gasteiger partial charge in [-0.15, -0.1) is 0 Å². The van der Waals surface area contributed by atoms with Crippen LogP contribution in [0.3, 0.4) is 0 Å². The van der Waals surface area contributed by atoms with Crippen molar-refractivity contribution in [3.63, 3.8) is 0 Å². The number of carbonyl (C=O) groups excluding carboxylic acids is 1. The number of aromatic nitrogens is 3. The lowest BCUT2D eigenvalue weighted by molar-refractivity contribution is 0.0931. The maximum absolute atomic E-state index is 14.8. The summed E-state index contributed by atoms with van der Waals surface area (Å²) in [5.74, 6) is -0.0759. The molecular weight excluding hydrogens is 415 g/mol. The maximum Gasteiger partial charge on any atom is 0.229 e. The van der Waals surface area contributed by atoms with Gasteiger partial charge in [-0.25, -0.2) is 14.4 Å². The van der Waals surface area contributed by atoms with Crippen molar-refractivity contribution >= 4 is 17.3 Å². The molecule has 33 heavy (non-hydrogen) atoms. The Hall–Kier alpha value is -3.02. The van der Waals surface area contributed by atoms with E-state index in [1.165, 1.54) is 6.07 Å². The van der Waals surface area contributed by atoms with Crippen molar-refractivity contribution in [1.29, 1.82) is 0 Å². The highest BCUT2D eigenvalue weighted by Gasteiger charge is 2.14. The van der Waals surface area contributed by atoms with Gasteiger partial charge in [0.1, 0.15) is 5.49 Å². The Morgan fingerprint density at radius 1 is 1.15 bits per heavy atom. The molecule has 0 aliphatic heterocycles. The fraction of sp³-hybridized carbons (Fsp3) is 0.444. The number of imidazole rings is 1. The number of pyridine rings is 2. The molecule has 6 heteroatoms. The van der Waals surface area contributed by atoms with E-state index in [1.807, 2.05) is 39.2 Å². The van der Waals surface area contributed by atoms with Crippen LogP contribution in [0.25, 0.3) is 11.3 Å². The van der Waals surface area contributed by atoms with Gasteiger partial charge in [-0.1, -0.05) is 39.7 Å². The predicted molar refractivity (Wildman–Crippen MR) is 132 cm³/mol. The van der Waals surface area contributed by atoms with E-state index < -0.39 is 5.82 Å². The molecule has 0 radical (unpaired) electrons. The van der Waals surface area contributed by atoms with Crippen LogP contribution in [0.1, 0.15) is 94.3 Å². The summed E-state index contributed by atoms with van der Waals surface area (Å²) in [6, 6.07) is 5.46. The van der Waals surface area contributed by atoms with Gasteiger partial charge in [-0.2, -0.15) is 0 Å². The normalized spacial score (nSPS) is 14.0. The molecule has 3 rings (SSSR count). The molecule has 0 aliphatic carbocycles. The number of rotatable bonds is 8. The summed E-state index contributed by atoms with van der Waals surface area (Å²) in [6.45, 7) is 11.8. The van der Waals surface area contributed by atoms with E-state index in [0.29, 0.717) is 28.3 Å². The van der Waals surface area contributed by atoms with Crippen molar-refractivity contribution in [2.24, 2.45) is 4.99 Å². The average molecular weight is 451 g/mol. The lowest BCUT2D eigenvalue weighted by Crippen LogP contribution is -2.26. The van der Waals surface area contributed by atoms with Crippen LogP contribution in [0.2, 0.25) is 0 Å². The number of unbranched alkanes of at least 4 members (excludes halogenated alkanes) is 1. The molecule has 0 spiro atoms. The van der Waals surface area contributed by atoms with Gasteiger partial charge in [-0.05, 0) is 62.3 Å². The first-order valence-corrected chi connectivity index (χ1v) is 11.9. The lowest BCUT2D eigenvalue weighted by atomic mass is 9.92. The largest absolute Gasteiger partial charge is 0.304 e. The lowest BCUT2D eigenvalue weighted by Gasteiger charge is -2.17. The number of halogens is 1. The minimum Gasteiger partial charge on any atom is -0.304 e. The Labute approximate surface area is 195 Å². The summed E-state index contributed by atoms with van der Waals surface area (Å²) in [5, 5.41) is 0. The molecule has 0 saturated carbocycles. The second-order valence-electron chi connectivity index (χ2n) is 8.74. The third-order valence-corrected chi connectivity index (χ3v) is 6.22. The molecule has 0 N–H and O–H groups in total. The highest BCUT2D eigenvalue weighted by atomic mass is 19.1. The molecule has 0 fully saturated rings. The zero-order valence-corrected chi connectivity index (χ0v) is 20.7. The molecule has 3 aromatic rings. The number of aryl methyl sites for hydroxylation is 1. The Morgan fingerprint density at radius 3 is 2.55 bits per heavy atom. The Balaban J connectivity index is 2.17. The monoisotopic (exact) mass is 450 g/mol. The molecule has 0 amide bonds. The molecule has 0 saturated heterocycles. The molecule has 0 aromatic carbocycles. The number of hydrogen-bond acceptors (Lipinski definition) is 3. The van der Waals surface area contributed by atoms with Crippen molar-refractivity contribution in [2.45, 2.75) is 79.6 Å². The van der Waals surface area contributed by atoms with E-state index >= 15 is 0 Å². The van der Waals surface area contributed by atoms with Gasteiger partial charge < -0.3 is 4.40 Å². The van der Waals surface area contributed by atoms with E-state index in [-0.39, 0.29) is 5.91 Å². The van der Waals surface area contributed by atoms with E-state index in [4.69, 9.17) is 4.99 Å². The molecule has 5 nitrogen and oxygen atoms in total. The van der Waals surface area contributed by atoms with Crippen LogP contribution in [0, 0.1) is 12.7 Å². The maximum atomic E-state index is 14.8. The molecule has 3 aromatic heterocycles. The highest BCUT2D eigenvalue weighted by molar-refractivity contribution is 5.76. The second kappa shape index (κ2) is 10.7. The van der Waals surface area contributed by atoms with Crippen molar-refractivity contribution in [1.82, 2.24) is 14.0 Å². The van der Waals surface area contributed by atoms with Gasteiger partial charge in [0, 0.05) is 31.1 Å². The van der Waals surface area contributed by atoms with E-state index in [9.17, 15) is 9.18 Å². The SMILES string of the molecule is CCCCC(CC)c1ccc(=N/C(=C(\C)CC)c2cc(F)c3nc(C)cn3c2)n(C(C)=O)c1. The standard InChI is InChI=1S/C27H35FN4O/c1-7-10-11-21(9-3)22-12-13-25(32(17-22)20(6)33)30-26(18(4)8-2)23-14-24(28)27-29-19(5)15-31(27)16-23/h12-17,21H,7-11H2,1-6H3/b26-18+,30-25?. The molecule has 1 unspecified atom stereocenters. The van der Waals surface area contributed by atoms with Crippen LogP contribution in [0.5, 0.6) is 0 Å². The first-order valence-electron chi connectivity index (χ1n) is 11.9. The van der Waals surface area contributed by atoms with Gasteiger partial charge >= 0.3 is 0 Å². The summed E-state index contributed by atoms with van der Waals surface area (Å²) in [4.78, 5) is 21.7. The van der Waals surface area contributed by atoms with Crippen molar-refractivity contribution in [3.05, 3.63) is 70.5 Å². The molecular formula is C27H35FN4O. The fourth-order valence-electron chi connectivity index (χ4n) is 4.15. The zero-order chi connectivity index (χ0) is 24.1. The highest BCUT2D eigenvalue weighted by Crippen LogP contribution is 2.26. The van der Waals surface area contributed by atoms with E-state index in [1.54, 1.807) is 22.1 Å². The second-order valence-corrected chi connectivity index (χ2v) is 8.74. The first-order chi connectivity index (χ1) is 15.8. The van der Waals surface area contributed by atoms with Gasteiger partial charge in [0.2, 0.25) is 5.91 Å². The third-order valence-electron chi connectivity index (χ3n) is 6.22. The van der Waals surface area contributed by atoms with E-state index in [2.05, 4.69) is 24.9 Å². The molecule has 1 atom stereocenters. The Bertz CT molecular complexity index is 1250. The third kappa shape index (κ3) is 5.49. The van der Waals surface area contributed by atoms with Crippen molar-refractivity contribution < 1.29 is 9.18 Å². The molecule has 0 bridgehead atoms. The number of allylic oxidation sites excluding steroid dienone is 1. The summed E-state index contributed by atoms with van der Waals surface area (Å²) in [5.41, 5.74) is 5.08. The number of hydrogen-bond donors (Lipinski definition) is 0.